The van der Waals surface area contributed by atoms with Crippen LogP contribution in [0.3, 0.4) is 0 Å². The summed E-state index contributed by atoms with van der Waals surface area (Å²) in [5.41, 5.74) is 2.82. The molecule has 0 aliphatic rings. The maximum atomic E-state index is 6.41. The van der Waals surface area contributed by atoms with Gasteiger partial charge >= 0.3 is 0 Å². The van der Waals surface area contributed by atoms with E-state index < -0.39 is 0 Å². The first-order chi connectivity index (χ1) is 9.32. The van der Waals surface area contributed by atoms with Crippen molar-refractivity contribution in [1.82, 2.24) is 9.78 Å². The van der Waals surface area contributed by atoms with Gasteiger partial charge in [-0.1, -0.05) is 56.1 Å². The Morgan fingerprint density at radius 1 is 1.20 bits per heavy atom. The van der Waals surface area contributed by atoms with E-state index in [-0.39, 0.29) is 5.41 Å². The fourth-order valence-corrected chi connectivity index (χ4v) is 2.90. The highest BCUT2D eigenvalue weighted by atomic mass is 35.5. The quantitative estimate of drug-likeness (QED) is 0.700. The van der Waals surface area contributed by atoms with Crippen molar-refractivity contribution >= 4 is 34.8 Å². The SMILES string of the molecule is CC(C)(C)c1nn(Cc2cccc(Cl)c2)c(Cl)c1CCl. The average Bonchev–Trinajstić information content (AvgIpc) is 2.66. The minimum Gasteiger partial charge on any atom is -0.249 e. The van der Waals surface area contributed by atoms with Gasteiger partial charge in [0.05, 0.1) is 18.1 Å². The number of nitrogens with zero attached hydrogens (tertiary/aromatic N) is 2. The summed E-state index contributed by atoms with van der Waals surface area (Å²) in [6.07, 6.45) is 0. The number of rotatable bonds is 3. The molecule has 1 aromatic heterocycles. The molecule has 0 saturated heterocycles. The van der Waals surface area contributed by atoms with Crippen LogP contribution in [0, 0.1) is 0 Å². The highest BCUT2D eigenvalue weighted by Crippen LogP contribution is 2.31. The lowest BCUT2D eigenvalue weighted by atomic mass is 9.90. The third-order valence-electron chi connectivity index (χ3n) is 3.05. The number of halogens is 3. The van der Waals surface area contributed by atoms with Gasteiger partial charge in [-0.15, -0.1) is 11.6 Å². The van der Waals surface area contributed by atoms with E-state index in [9.17, 15) is 0 Å². The average molecular weight is 332 g/mol. The van der Waals surface area contributed by atoms with Gasteiger partial charge in [0.15, 0.2) is 0 Å². The monoisotopic (exact) mass is 330 g/mol. The predicted molar refractivity (Wildman–Crippen MR) is 86.0 cm³/mol. The van der Waals surface area contributed by atoms with Gasteiger partial charge in [0.1, 0.15) is 5.15 Å². The van der Waals surface area contributed by atoms with Gasteiger partial charge in [-0.2, -0.15) is 5.10 Å². The molecular weight excluding hydrogens is 315 g/mol. The molecule has 5 heteroatoms. The lowest BCUT2D eigenvalue weighted by molar-refractivity contribution is 0.542. The molecule has 0 atom stereocenters. The number of alkyl halides is 1. The smallest absolute Gasteiger partial charge is 0.132 e. The third kappa shape index (κ3) is 3.30. The first kappa shape index (κ1) is 15.7. The van der Waals surface area contributed by atoms with Gasteiger partial charge < -0.3 is 0 Å². The summed E-state index contributed by atoms with van der Waals surface area (Å²) in [5.74, 6) is 0.362. The lowest BCUT2D eigenvalue weighted by Crippen LogP contribution is -2.14. The van der Waals surface area contributed by atoms with Crippen LogP contribution < -0.4 is 0 Å². The summed E-state index contributed by atoms with van der Waals surface area (Å²) in [4.78, 5) is 0. The van der Waals surface area contributed by atoms with Gasteiger partial charge in [0.25, 0.3) is 0 Å². The topological polar surface area (TPSA) is 17.8 Å². The second-order valence-electron chi connectivity index (χ2n) is 5.79. The van der Waals surface area contributed by atoms with Crippen molar-refractivity contribution in [1.29, 1.82) is 0 Å². The molecule has 0 radical (unpaired) electrons. The Bertz CT molecular complexity index is 612. The van der Waals surface area contributed by atoms with Crippen molar-refractivity contribution in [3.05, 3.63) is 51.3 Å². The third-order valence-corrected chi connectivity index (χ3v) is 3.97. The largest absolute Gasteiger partial charge is 0.249 e. The number of aromatic nitrogens is 2. The van der Waals surface area contributed by atoms with E-state index in [0.29, 0.717) is 22.6 Å². The molecule has 108 valence electrons. The second-order valence-corrected chi connectivity index (χ2v) is 6.85. The number of benzene rings is 1. The van der Waals surface area contributed by atoms with Crippen LogP contribution in [0.5, 0.6) is 0 Å². The van der Waals surface area contributed by atoms with Crippen LogP contribution in [0.4, 0.5) is 0 Å². The molecule has 20 heavy (non-hydrogen) atoms. The second kappa shape index (κ2) is 5.97. The van der Waals surface area contributed by atoms with Crippen molar-refractivity contribution in [2.24, 2.45) is 0 Å². The molecule has 1 aromatic carbocycles. The van der Waals surface area contributed by atoms with Crippen LogP contribution in [0.15, 0.2) is 24.3 Å². The molecular formula is C15H17Cl3N2. The molecule has 0 amide bonds. The molecule has 0 aliphatic heterocycles. The lowest BCUT2D eigenvalue weighted by Gasteiger charge is -2.16. The Balaban J connectivity index is 2.41. The first-order valence-corrected chi connectivity index (χ1v) is 7.68. The molecule has 2 rings (SSSR count). The Hall–Kier alpha value is -0.700. The van der Waals surface area contributed by atoms with Gasteiger partial charge in [0, 0.05) is 16.0 Å². The minimum absolute atomic E-state index is 0.0898. The van der Waals surface area contributed by atoms with Crippen LogP contribution in [0.2, 0.25) is 10.2 Å². The van der Waals surface area contributed by atoms with Crippen LogP contribution >= 0.6 is 34.8 Å². The molecule has 0 N–H and O–H groups in total. The summed E-state index contributed by atoms with van der Waals surface area (Å²) < 4.78 is 1.78. The Labute approximate surface area is 134 Å². The van der Waals surface area contributed by atoms with Gasteiger partial charge in [-0.3, -0.25) is 0 Å². The molecule has 0 spiro atoms. The fraction of sp³-hybridized carbons (Fsp3) is 0.400. The van der Waals surface area contributed by atoms with Crippen molar-refractivity contribution in [3.8, 4) is 0 Å². The normalized spacial score (nSPS) is 11.9. The van der Waals surface area contributed by atoms with Crippen molar-refractivity contribution in [2.45, 2.75) is 38.6 Å². The maximum absolute atomic E-state index is 6.41. The van der Waals surface area contributed by atoms with E-state index in [2.05, 4.69) is 25.9 Å². The van der Waals surface area contributed by atoms with Crippen LogP contribution in [0.1, 0.15) is 37.6 Å². The van der Waals surface area contributed by atoms with E-state index in [4.69, 9.17) is 34.8 Å². The summed E-state index contributed by atoms with van der Waals surface area (Å²) in [6.45, 7) is 6.89. The first-order valence-electron chi connectivity index (χ1n) is 6.39. The van der Waals surface area contributed by atoms with Crippen molar-refractivity contribution in [3.63, 3.8) is 0 Å². The molecule has 0 bridgehead atoms. The van der Waals surface area contributed by atoms with Gasteiger partial charge in [0.2, 0.25) is 0 Å². The molecule has 1 heterocycles. The molecule has 0 aliphatic carbocycles. The molecule has 0 saturated carbocycles. The van der Waals surface area contributed by atoms with E-state index in [1.807, 2.05) is 24.3 Å². The summed E-state index contributed by atoms with van der Waals surface area (Å²) >= 11 is 18.4. The molecule has 0 unspecified atom stereocenters. The number of hydrogen-bond donors (Lipinski definition) is 0. The molecule has 2 nitrogen and oxygen atoms in total. The molecule has 0 fully saturated rings. The van der Waals surface area contributed by atoms with E-state index in [0.717, 1.165) is 16.8 Å². The van der Waals surface area contributed by atoms with E-state index in [1.165, 1.54) is 0 Å². The Kier molecular flexibility index (Phi) is 4.68. The summed E-state index contributed by atoms with van der Waals surface area (Å²) in [7, 11) is 0. The van der Waals surface area contributed by atoms with Gasteiger partial charge in [-0.25, -0.2) is 4.68 Å². The van der Waals surface area contributed by atoms with Crippen molar-refractivity contribution in [2.75, 3.05) is 0 Å². The zero-order chi connectivity index (χ0) is 14.9. The fourth-order valence-electron chi connectivity index (χ4n) is 2.11. The summed E-state index contributed by atoms with van der Waals surface area (Å²) in [6, 6.07) is 7.68. The van der Waals surface area contributed by atoms with Gasteiger partial charge in [-0.05, 0) is 17.7 Å². The van der Waals surface area contributed by atoms with Crippen molar-refractivity contribution < 1.29 is 0 Å². The minimum atomic E-state index is -0.0898. The maximum Gasteiger partial charge on any atom is 0.132 e. The van der Waals surface area contributed by atoms with E-state index in [1.54, 1.807) is 4.68 Å². The van der Waals surface area contributed by atoms with Crippen LogP contribution in [0.25, 0.3) is 0 Å². The highest BCUT2D eigenvalue weighted by Gasteiger charge is 2.25. The summed E-state index contributed by atoms with van der Waals surface area (Å²) in [5, 5.41) is 5.94. The number of hydrogen-bond acceptors (Lipinski definition) is 1. The highest BCUT2D eigenvalue weighted by molar-refractivity contribution is 6.31. The zero-order valence-electron chi connectivity index (χ0n) is 11.8. The Morgan fingerprint density at radius 2 is 1.90 bits per heavy atom. The van der Waals surface area contributed by atoms with E-state index >= 15 is 0 Å². The van der Waals surface area contributed by atoms with Crippen LogP contribution in [-0.2, 0) is 17.8 Å². The molecule has 2 aromatic rings. The standard InChI is InChI=1S/C15H17Cl3N2/c1-15(2,3)13-12(8-16)14(18)20(19-13)9-10-5-4-6-11(17)7-10/h4-7H,8-9H2,1-3H3. The predicted octanol–water partition coefficient (Wildman–Crippen LogP) is 5.27. The zero-order valence-corrected chi connectivity index (χ0v) is 14.0. The Morgan fingerprint density at radius 3 is 2.40 bits per heavy atom. The van der Waals surface area contributed by atoms with Crippen LogP contribution in [-0.4, -0.2) is 9.78 Å².